The van der Waals surface area contributed by atoms with E-state index in [4.69, 9.17) is 19.5 Å². The standard InChI is InChI=1S/C25H24FN3O5/c1-32-22-8-16(21(26)7-17(22)10-27)9-24(30)29-5-4-28-12-23(33-14-19(28)11-29)15-2-3-20-18(6-15)13-34-25(20)31/h2-3,6-8,19,23H,4-5,9,11-14H2,1H3. The van der Waals surface area contributed by atoms with Crippen LogP contribution in [0.5, 0.6) is 5.75 Å². The van der Waals surface area contributed by atoms with E-state index in [-0.39, 0.29) is 47.3 Å². The van der Waals surface area contributed by atoms with Crippen molar-refractivity contribution in [3.8, 4) is 11.8 Å². The summed E-state index contributed by atoms with van der Waals surface area (Å²) in [5.41, 5.74) is 2.82. The molecule has 0 saturated carbocycles. The average Bonchev–Trinajstić information content (AvgIpc) is 3.24. The number of cyclic esters (lactones) is 1. The van der Waals surface area contributed by atoms with Crippen LogP contribution in [0.4, 0.5) is 4.39 Å². The Morgan fingerprint density at radius 1 is 1.26 bits per heavy atom. The number of benzene rings is 2. The highest BCUT2D eigenvalue weighted by Crippen LogP contribution is 2.30. The van der Waals surface area contributed by atoms with Crippen LogP contribution in [-0.2, 0) is 27.3 Å². The first-order chi connectivity index (χ1) is 16.5. The van der Waals surface area contributed by atoms with Crippen LogP contribution < -0.4 is 4.74 Å². The molecule has 0 spiro atoms. The first-order valence-electron chi connectivity index (χ1n) is 11.2. The molecule has 2 unspecified atom stereocenters. The molecule has 2 atom stereocenters. The second kappa shape index (κ2) is 9.05. The monoisotopic (exact) mass is 465 g/mol. The molecule has 2 fully saturated rings. The van der Waals surface area contributed by atoms with Gasteiger partial charge in [-0.3, -0.25) is 9.69 Å². The lowest BCUT2D eigenvalue weighted by Gasteiger charge is -2.46. The fraction of sp³-hybridized carbons (Fsp3) is 0.400. The molecule has 2 saturated heterocycles. The van der Waals surface area contributed by atoms with E-state index in [9.17, 15) is 14.0 Å². The predicted octanol–water partition coefficient (Wildman–Crippen LogP) is 2.20. The highest BCUT2D eigenvalue weighted by Gasteiger charge is 2.36. The predicted molar refractivity (Wildman–Crippen MR) is 118 cm³/mol. The third-order valence-corrected chi connectivity index (χ3v) is 6.76. The number of amides is 1. The molecule has 8 nitrogen and oxygen atoms in total. The van der Waals surface area contributed by atoms with Crippen LogP contribution in [0.15, 0.2) is 30.3 Å². The molecular formula is C25H24FN3O5. The maximum atomic E-state index is 14.4. The van der Waals surface area contributed by atoms with E-state index in [0.717, 1.165) is 17.2 Å². The van der Waals surface area contributed by atoms with Crippen molar-refractivity contribution >= 4 is 11.9 Å². The van der Waals surface area contributed by atoms with Gasteiger partial charge in [-0.1, -0.05) is 6.07 Å². The number of esters is 1. The number of hydrogen-bond acceptors (Lipinski definition) is 7. The molecule has 0 aliphatic carbocycles. The summed E-state index contributed by atoms with van der Waals surface area (Å²) in [7, 11) is 1.41. The first kappa shape index (κ1) is 22.3. The van der Waals surface area contributed by atoms with E-state index < -0.39 is 5.82 Å². The smallest absolute Gasteiger partial charge is 0.338 e. The van der Waals surface area contributed by atoms with Crippen LogP contribution >= 0.6 is 0 Å². The number of hydrogen-bond donors (Lipinski definition) is 0. The average molecular weight is 465 g/mol. The Labute approximate surface area is 196 Å². The van der Waals surface area contributed by atoms with Crippen molar-refractivity contribution in [3.05, 3.63) is 64.0 Å². The maximum Gasteiger partial charge on any atom is 0.338 e. The summed E-state index contributed by atoms with van der Waals surface area (Å²) in [6.07, 6.45) is -0.209. The zero-order valence-electron chi connectivity index (χ0n) is 18.8. The largest absolute Gasteiger partial charge is 0.495 e. The third-order valence-electron chi connectivity index (χ3n) is 6.76. The van der Waals surface area contributed by atoms with Gasteiger partial charge in [-0.2, -0.15) is 5.26 Å². The SMILES string of the molecule is COc1cc(CC(=O)N2CCN3CC(c4ccc5c(c4)COC5=O)OCC3C2)c(F)cc1C#N. The molecule has 0 N–H and O–H groups in total. The fourth-order valence-electron chi connectivity index (χ4n) is 4.83. The van der Waals surface area contributed by atoms with Crippen molar-refractivity contribution < 1.29 is 28.2 Å². The summed E-state index contributed by atoms with van der Waals surface area (Å²) in [6, 6.07) is 10.2. The quantitative estimate of drug-likeness (QED) is 0.640. The number of nitriles is 1. The van der Waals surface area contributed by atoms with Crippen molar-refractivity contribution in [2.75, 3.05) is 39.9 Å². The minimum absolute atomic E-state index is 0.0636. The second-order valence-corrected chi connectivity index (χ2v) is 8.74. The highest BCUT2D eigenvalue weighted by atomic mass is 19.1. The van der Waals surface area contributed by atoms with Crippen molar-refractivity contribution in [2.24, 2.45) is 0 Å². The molecule has 2 aromatic rings. The number of piperazine rings is 1. The van der Waals surface area contributed by atoms with Gasteiger partial charge in [0.1, 0.15) is 24.2 Å². The van der Waals surface area contributed by atoms with E-state index in [1.807, 2.05) is 18.2 Å². The molecule has 0 aromatic heterocycles. The lowest BCUT2D eigenvalue weighted by molar-refractivity contribution is -0.139. The molecule has 176 valence electrons. The van der Waals surface area contributed by atoms with Crippen molar-refractivity contribution in [2.45, 2.75) is 25.2 Å². The Morgan fingerprint density at radius 2 is 2.12 bits per heavy atom. The molecular weight excluding hydrogens is 441 g/mol. The van der Waals surface area contributed by atoms with Crippen LogP contribution in [-0.4, -0.2) is 67.6 Å². The van der Waals surface area contributed by atoms with Crippen molar-refractivity contribution in [1.29, 1.82) is 5.26 Å². The summed E-state index contributed by atoms with van der Waals surface area (Å²) in [5, 5.41) is 9.10. The summed E-state index contributed by atoms with van der Waals surface area (Å²) in [4.78, 5) is 28.7. The van der Waals surface area contributed by atoms with E-state index in [2.05, 4.69) is 4.90 Å². The maximum absolute atomic E-state index is 14.4. The zero-order valence-corrected chi connectivity index (χ0v) is 18.8. The van der Waals surface area contributed by atoms with Gasteiger partial charge >= 0.3 is 5.97 Å². The van der Waals surface area contributed by atoms with Gasteiger partial charge < -0.3 is 19.1 Å². The number of nitrogens with zero attached hydrogens (tertiary/aromatic N) is 3. The summed E-state index contributed by atoms with van der Waals surface area (Å²) >= 11 is 0. The Bertz CT molecular complexity index is 1190. The van der Waals surface area contributed by atoms with Crippen LogP contribution in [0.1, 0.15) is 38.7 Å². The van der Waals surface area contributed by atoms with E-state index in [1.165, 1.54) is 13.2 Å². The van der Waals surface area contributed by atoms with E-state index >= 15 is 0 Å². The Morgan fingerprint density at radius 3 is 2.91 bits per heavy atom. The molecule has 0 bridgehead atoms. The third kappa shape index (κ3) is 4.11. The molecule has 3 aliphatic rings. The summed E-state index contributed by atoms with van der Waals surface area (Å²) in [5.74, 6) is -0.789. The van der Waals surface area contributed by atoms with Gasteiger partial charge in [0.05, 0.1) is 43.4 Å². The second-order valence-electron chi connectivity index (χ2n) is 8.74. The van der Waals surface area contributed by atoms with Gasteiger partial charge in [0.2, 0.25) is 5.91 Å². The van der Waals surface area contributed by atoms with Crippen LogP contribution in [0, 0.1) is 17.1 Å². The van der Waals surface area contributed by atoms with Crippen LogP contribution in [0.3, 0.4) is 0 Å². The molecule has 3 heterocycles. The summed E-state index contributed by atoms with van der Waals surface area (Å²) < 4.78 is 30.8. The van der Waals surface area contributed by atoms with Crippen molar-refractivity contribution in [1.82, 2.24) is 9.80 Å². The number of morpholine rings is 1. The molecule has 0 radical (unpaired) electrons. The molecule has 2 aromatic carbocycles. The minimum atomic E-state index is -0.588. The van der Waals surface area contributed by atoms with Crippen LogP contribution in [0.25, 0.3) is 0 Å². The fourth-order valence-corrected chi connectivity index (χ4v) is 4.83. The van der Waals surface area contributed by atoms with Gasteiger partial charge in [0, 0.05) is 37.3 Å². The van der Waals surface area contributed by atoms with E-state index in [0.29, 0.717) is 45.0 Å². The normalized spacial score (nSPS) is 21.9. The Hall–Kier alpha value is -3.48. The zero-order chi connectivity index (χ0) is 23.8. The van der Waals surface area contributed by atoms with Gasteiger partial charge in [-0.25, -0.2) is 9.18 Å². The number of halogens is 1. The first-order valence-corrected chi connectivity index (χ1v) is 11.2. The Balaban J connectivity index is 1.21. The molecule has 1 amide bonds. The topological polar surface area (TPSA) is 92.1 Å². The highest BCUT2D eigenvalue weighted by molar-refractivity contribution is 5.93. The number of carbonyl (C=O) groups excluding carboxylic acids is 2. The molecule has 5 rings (SSSR count). The number of rotatable bonds is 4. The Kier molecular flexibility index (Phi) is 5.94. The van der Waals surface area contributed by atoms with E-state index in [1.54, 1.807) is 11.0 Å². The number of fused-ring (bicyclic) bond motifs is 2. The van der Waals surface area contributed by atoms with Gasteiger partial charge in [-0.05, 0) is 29.8 Å². The molecule has 9 heteroatoms. The van der Waals surface area contributed by atoms with Crippen molar-refractivity contribution in [3.63, 3.8) is 0 Å². The van der Waals surface area contributed by atoms with Gasteiger partial charge in [0.15, 0.2) is 0 Å². The minimum Gasteiger partial charge on any atom is -0.495 e. The van der Waals surface area contributed by atoms with Gasteiger partial charge in [-0.15, -0.1) is 0 Å². The number of carbonyl (C=O) groups is 2. The lowest BCUT2D eigenvalue weighted by Crippen LogP contribution is -2.59. The number of methoxy groups -OCH3 is 1. The molecule has 3 aliphatic heterocycles. The number of ether oxygens (including phenoxy) is 3. The summed E-state index contributed by atoms with van der Waals surface area (Å²) in [6.45, 7) is 3.21. The van der Waals surface area contributed by atoms with Gasteiger partial charge in [0.25, 0.3) is 0 Å². The molecule has 34 heavy (non-hydrogen) atoms. The lowest BCUT2D eigenvalue weighted by atomic mass is 9.99. The van der Waals surface area contributed by atoms with Crippen LogP contribution in [0.2, 0.25) is 0 Å².